The topological polar surface area (TPSA) is 76.9 Å². The number of fused-ring (bicyclic) bond motifs is 1. The molecule has 0 amide bonds. The molecule has 0 aliphatic rings. The lowest BCUT2D eigenvalue weighted by molar-refractivity contribution is 0.588. The summed E-state index contributed by atoms with van der Waals surface area (Å²) in [6, 6.07) is 6.61. The molecule has 0 spiro atoms. The molecule has 0 atom stereocenters. The first kappa shape index (κ1) is 16.2. The Bertz CT molecular complexity index is 1000. The van der Waals surface area contributed by atoms with Crippen molar-refractivity contribution in [2.24, 2.45) is 0 Å². The zero-order valence-corrected chi connectivity index (χ0v) is 15.4. The third-order valence-corrected chi connectivity index (χ3v) is 5.79. The Morgan fingerprint density at radius 2 is 1.87 bits per heavy atom. The van der Waals surface area contributed by atoms with Crippen molar-refractivity contribution in [2.75, 3.05) is 12.4 Å². The van der Waals surface area contributed by atoms with Crippen molar-refractivity contribution in [1.29, 1.82) is 0 Å². The molecule has 3 aromatic rings. The molecule has 1 aromatic carbocycles. The highest BCUT2D eigenvalue weighted by Crippen LogP contribution is 2.33. The van der Waals surface area contributed by atoms with E-state index >= 15 is 0 Å². The van der Waals surface area contributed by atoms with Gasteiger partial charge < -0.3 is 5.32 Å². The molecule has 0 radical (unpaired) electrons. The lowest BCUT2D eigenvalue weighted by atomic mass is 10.2. The maximum atomic E-state index is 12.9. The van der Waals surface area contributed by atoms with Gasteiger partial charge in [-0.1, -0.05) is 17.7 Å². The summed E-state index contributed by atoms with van der Waals surface area (Å²) >= 11 is 9.28. The zero-order chi connectivity index (χ0) is 16.8. The molecule has 0 aliphatic heterocycles. The molecule has 0 bridgehead atoms. The molecule has 1 N–H and O–H groups in total. The van der Waals surface area contributed by atoms with E-state index < -0.39 is 10.0 Å². The number of benzene rings is 1. The summed E-state index contributed by atoms with van der Waals surface area (Å²) < 4.78 is 27.5. The van der Waals surface area contributed by atoms with Crippen molar-refractivity contribution >= 4 is 54.4 Å². The van der Waals surface area contributed by atoms with Gasteiger partial charge in [0.15, 0.2) is 5.65 Å². The fourth-order valence-electron chi connectivity index (χ4n) is 2.22. The fourth-order valence-corrected chi connectivity index (χ4v) is 4.40. The number of aromatic nitrogens is 3. The van der Waals surface area contributed by atoms with Crippen LogP contribution in [0.25, 0.3) is 11.0 Å². The average Bonchev–Trinajstić information content (AvgIpc) is 2.84. The van der Waals surface area contributed by atoms with Gasteiger partial charge in [0.2, 0.25) is 5.28 Å². The first-order chi connectivity index (χ1) is 10.8. The Kier molecular flexibility index (Phi) is 4.07. The van der Waals surface area contributed by atoms with E-state index in [0.29, 0.717) is 15.7 Å². The lowest BCUT2D eigenvalue weighted by Gasteiger charge is -2.08. The molecule has 120 valence electrons. The second-order valence-electron chi connectivity index (χ2n) is 4.88. The van der Waals surface area contributed by atoms with Crippen LogP contribution in [0.1, 0.15) is 5.56 Å². The quantitative estimate of drug-likeness (QED) is 0.663. The maximum Gasteiger partial charge on any atom is 0.269 e. The molecule has 0 aliphatic carbocycles. The van der Waals surface area contributed by atoms with Crippen molar-refractivity contribution in [1.82, 2.24) is 13.9 Å². The van der Waals surface area contributed by atoms with Gasteiger partial charge in [-0.25, -0.2) is 17.4 Å². The Hall–Kier alpha value is -1.64. The highest BCUT2D eigenvalue weighted by atomic mass is 79.9. The molecular formula is C14H12BrClN4O2S. The van der Waals surface area contributed by atoms with Gasteiger partial charge in [-0.15, -0.1) is 0 Å². The van der Waals surface area contributed by atoms with Crippen LogP contribution in [0.5, 0.6) is 0 Å². The SMILES string of the molecule is CNc1nc(Cl)nc2c1c(Br)cn2S(=O)(=O)c1ccc(C)cc1. The fraction of sp³-hybridized carbons (Fsp3) is 0.143. The molecule has 23 heavy (non-hydrogen) atoms. The third-order valence-electron chi connectivity index (χ3n) is 3.36. The van der Waals surface area contributed by atoms with Crippen LogP contribution in [0.4, 0.5) is 5.82 Å². The van der Waals surface area contributed by atoms with Crippen molar-refractivity contribution in [3.63, 3.8) is 0 Å². The number of rotatable bonds is 3. The van der Waals surface area contributed by atoms with Gasteiger partial charge in [0.25, 0.3) is 10.0 Å². The van der Waals surface area contributed by atoms with E-state index in [1.807, 2.05) is 6.92 Å². The normalized spacial score (nSPS) is 11.8. The Balaban J connectivity index is 2.32. The summed E-state index contributed by atoms with van der Waals surface area (Å²) in [6.07, 6.45) is 1.45. The number of nitrogens with one attached hydrogen (secondary N) is 1. The van der Waals surface area contributed by atoms with Crippen LogP contribution in [0, 0.1) is 6.92 Å². The highest BCUT2D eigenvalue weighted by molar-refractivity contribution is 9.10. The summed E-state index contributed by atoms with van der Waals surface area (Å²) in [5.41, 5.74) is 1.19. The molecule has 0 fully saturated rings. The van der Waals surface area contributed by atoms with Gasteiger partial charge in [-0.3, -0.25) is 0 Å². The van der Waals surface area contributed by atoms with Crippen LogP contribution in [0.15, 0.2) is 39.8 Å². The van der Waals surface area contributed by atoms with Crippen LogP contribution >= 0.6 is 27.5 Å². The zero-order valence-electron chi connectivity index (χ0n) is 12.2. The van der Waals surface area contributed by atoms with E-state index in [4.69, 9.17) is 11.6 Å². The minimum Gasteiger partial charge on any atom is -0.372 e. The van der Waals surface area contributed by atoms with Crippen LogP contribution < -0.4 is 5.32 Å². The number of anilines is 1. The van der Waals surface area contributed by atoms with Gasteiger partial charge in [0, 0.05) is 17.7 Å². The van der Waals surface area contributed by atoms with E-state index in [1.165, 1.54) is 6.20 Å². The molecule has 0 saturated carbocycles. The van der Waals surface area contributed by atoms with Crippen LogP contribution in [-0.2, 0) is 10.0 Å². The maximum absolute atomic E-state index is 12.9. The molecule has 6 nitrogen and oxygen atoms in total. The summed E-state index contributed by atoms with van der Waals surface area (Å²) in [5, 5.41) is 3.40. The molecule has 3 rings (SSSR count). The van der Waals surface area contributed by atoms with Gasteiger partial charge in [-0.05, 0) is 46.6 Å². The number of aryl methyl sites for hydroxylation is 1. The average molecular weight is 416 g/mol. The van der Waals surface area contributed by atoms with Gasteiger partial charge >= 0.3 is 0 Å². The Morgan fingerprint density at radius 3 is 2.48 bits per heavy atom. The highest BCUT2D eigenvalue weighted by Gasteiger charge is 2.24. The molecule has 0 saturated heterocycles. The molecular weight excluding hydrogens is 404 g/mol. The second kappa shape index (κ2) is 5.77. The minimum atomic E-state index is -3.79. The summed E-state index contributed by atoms with van der Waals surface area (Å²) in [4.78, 5) is 8.32. The molecule has 2 heterocycles. The summed E-state index contributed by atoms with van der Waals surface area (Å²) in [5.74, 6) is 0.449. The molecule has 2 aromatic heterocycles. The molecule has 9 heteroatoms. The second-order valence-corrected chi connectivity index (χ2v) is 7.89. The monoisotopic (exact) mass is 414 g/mol. The largest absolute Gasteiger partial charge is 0.372 e. The van der Waals surface area contributed by atoms with Crippen LogP contribution in [0.2, 0.25) is 5.28 Å². The smallest absolute Gasteiger partial charge is 0.269 e. The third kappa shape index (κ3) is 2.71. The number of nitrogens with zero attached hydrogens (tertiary/aromatic N) is 3. The van der Waals surface area contributed by atoms with Gasteiger partial charge in [0.1, 0.15) is 5.82 Å². The first-order valence-electron chi connectivity index (χ1n) is 6.58. The predicted octanol–water partition coefficient (Wildman–Crippen LogP) is 3.43. The van der Waals surface area contributed by atoms with Gasteiger partial charge in [0.05, 0.1) is 10.3 Å². The van der Waals surface area contributed by atoms with Crippen molar-refractivity contribution < 1.29 is 8.42 Å². The lowest BCUT2D eigenvalue weighted by Crippen LogP contribution is -2.12. The van der Waals surface area contributed by atoms with Crippen molar-refractivity contribution in [3.8, 4) is 0 Å². The standard InChI is InChI=1S/C14H12BrClN4O2S/c1-8-3-5-9(6-4-8)23(21,22)20-7-10(15)11-12(17-2)18-14(16)19-13(11)20/h3-7H,1-2H3,(H,17,18,19). The Morgan fingerprint density at radius 1 is 1.22 bits per heavy atom. The van der Waals surface area contributed by atoms with Crippen LogP contribution in [-0.4, -0.2) is 29.4 Å². The molecule has 0 unspecified atom stereocenters. The van der Waals surface area contributed by atoms with E-state index in [0.717, 1.165) is 9.54 Å². The van der Waals surface area contributed by atoms with E-state index in [-0.39, 0.29) is 15.8 Å². The predicted molar refractivity (Wildman–Crippen MR) is 93.5 cm³/mol. The van der Waals surface area contributed by atoms with Crippen LogP contribution in [0.3, 0.4) is 0 Å². The number of halogens is 2. The van der Waals surface area contributed by atoms with E-state index in [9.17, 15) is 8.42 Å². The number of hydrogen-bond donors (Lipinski definition) is 1. The Labute approximate surface area is 146 Å². The van der Waals surface area contributed by atoms with Crippen molar-refractivity contribution in [2.45, 2.75) is 11.8 Å². The summed E-state index contributed by atoms with van der Waals surface area (Å²) in [6.45, 7) is 1.89. The van der Waals surface area contributed by atoms with Crippen molar-refractivity contribution in [3.05, 3.63) is 45.8 Å². The minimum absolute atomic E-state index is 0.0344. The summed E-state index contributed by atoms with van der Waals surface area (Å²) in [7, 11) is -2.12. The van der Waals surface area contributed by atoms with E-state index in [1.54, 1.807) is 31.3 Å². The first-order valence-corrected chi connectivity index (χ1v) is 9.20. The number of hydrogen-bond acceptors (Lipinski definition) is 5. The van der Waals surface area contributed by atoms with E-state index in [2.05, 4.69) is 31.2 Å². The van der Waals surface area contributed by atoms with Gasteiger partial charge in [-0.2, -0.15) is 4.98 Å².